The molecule has 112 valence electrons. The van der Waals surface area contributed by atoms with Gasteiger partial charge in [0.25, 0.3) is 0 Å². The predicted octanol–water partition coefficient (Wildman–Crippen LogP) is 0.824. The van der Waals surface area contributed by atoms with Crippen molar-refractivity contribution in [3.8, 4) is 0 Å². The molecule has 0 radical (unpaired) electrons. The first-order chi connectivity index (χ1) is 8.98. The summed E-state index contributed by atoms with van der Waals surface area (Å²) < 4.78 is 0. The fourth-order valence-electron chi connectivity index (χ4n) is 3.87. The minimum Gasteiger partial charge on any atom is -0.329 e. The van der Waals surface area contributed by atoms with Gasteiger partial charge >= 0.3 is 0 Å². The maximum absolute atomic E-state index is 6.20. The van der Waals surface area contributed by atoms with Gasteiger partial charge in [-0.05, 0) is 60.3 Å². The summed E-state index contributed by atoms with van der Waals surface area (Å²) in [6.45, 7) is 6.78. The number of hydrogen-bond donors (Lipinski definition) is 1. The third kappa shape index (κ3) is 3.13. The molecular weight excluding hydrogens is 236 g/mol. The molecule has 0 aromatic rings. The van der Waals surface area contributed by atoms with Crippen molar-refractivity contribution in [2.75, 3.05) is 47.3 Å². The van der Waals surface area contributed by atoms with E-state index in [0.29, 0.717) is 6.04 Å². The van der Waals surface area contributed by atoms with Crippen LogP contribution in [0.5, 0.6) is 0 Å². The van der Waals surface area contributed by atoms with E-state index in [4.69, 9.17) is 5.73 Å². The molecule has 0 aromatic heterocycles. The topological polar surface area (TPSA) is 35.7 Å². The fourth-order valence-corrected chi connectivity index (χ4v) is 3.87. The molecule has 0 aliphatic carbocycles. The molecule has 2 fully saturated rings. The van der Waals surface area contributed by atoms with Crippen LogP contribution in [-0.4, -0.2) is 79.6 Å². The molecule has 2 heterocycles. The van der Waals surface area contributed by atoms with Crippen LogP contribution in [0.15, 0.2) is 0 Å². The molecule has 19 heavy (non-hydrogen) atoms. The van der Waals surface area contributed by atoms with E-state index in [1.807, 2.05) is 0 Å². The molecule has 0 amide bonds. The van der Waals surface area contributed by atoms with E-state index in [9.17, 15) is 0 Å². The number of likely N-dealkylation sites (tertiary alicyclic amines) is 2. The molecule has 0 spiro atoms. The maximum atomic E-state index is 6.20. The van der Waals surface area contributed by atoms with Crippen LogP contribution in [0, 0.1) is 0 Å². The SMILES string of the molecule is CC1CC(CN)(N2CCC(N(C)C)CC2)CCN1C. The maximum Gasteiger partial charge on any atom is 0.0358 e. The molecule has 2 N–H and O–H groups in total. The van der Waals surface area contributed by atoms with Crippen LogP contribution in [0.2, 0.25) is 0 Å². The van der Waals surface area contributed by atoms with Crippen molar-refractivity contribution in [3.63, 3.8) is 0 Å². The van der Waals surface area contributed by atoms with Crippen LogP contribution < -0.4 is 5.73 Å². The monoisotopic (exact) mass is 268 g/mol. The van der Waals surface area contributed by atoms with E-state index in [-0.39, 0.29) is 5.54 Å². The Balaban J connectivity index is 1.99. The summed E-state index contributed by atoms with van der Waals surface area (Å²) >= 11 is 0. The summed E-state index contributed by atoms with van der Waals surface area (Å²) in [4.78, 5) is 7.56. The molecule has 2 aliphatic rings. The van der Waals surface area contributed by atoms with Gasteiger partial charge < -0.3 is 15.5 Å². The Labute approximate surface area is 118 Å². The molecule has 2 atom stereocenters. The van der Waals surface area contributed by atoms with Gasteiger partial charge in [0.1, 0.15) is 0 Å². The van der Waals surface area contributed by atoms with Crippen LogP contribution in [0.25, 0.3) is 0 Å². The molecule has 0 aromatic carbocycles. The standard InChI is InChI=1S/C15H32N4/c1-13-11-15(12-16,7-10-18(13)4)19-8-5-14(6-9-19)17(2)3/h13-14H,5-12,16H2,1-4H3. The van der Waals surface area contributed by atoms with Crippen molar-refractivity contribution >= 4 is 0 Å². The fraction of sp³-hybridized carbons (Fsp3) is 1.00. The Morgan fingerprint density at radius 2 is 1.84 bits per heavy atom. The van der Waals surface area contributed by atoms with Gasteiger partial charge in [0.15, 0.2) is 0 Å². The number of nitrogens with two attached hydrogens (primary N) is 1. The summed E-state index contributed by atoms with van der Waals surface area (Å²) in [6.07, 6.45) is 5.04. The second-order valence-corrected chi connectivity index (χ2v) is 6.89. The second kappa shape index (κ2) is 6.08. The van der Waals surface area contributed by atoms with Gasteiger partial charge in [-0.2, -0.15) is 0 Å². The molecule has 0 saturated carbocycles. The van der Waals surface area contributed by atoms with Gasteiger partial charge in [0.2, 0.25) is 0 Å². The first-order valence-corrected chi connectivity index (χ1v) is 7.80. The Kier molecular flexibility index (Phi) is 4.88. The Hall–Kier alpha value is -0.160. The Morgan fingerprint density at radius 3 is 2.32 bits per heavy atom. The van der Waals surface area contributed by atoms with E-state index in [0.717, 1.165) is 12.6 Å². The third-order valence-electron chi connectivity index (χ3n) is 5.60. The average molecular weight is 268 g/mol. The van der Waals surface area contributed by atoms with E-state index < -0.39 is 0 Å². The zero-order valence-corrected chi connectivity index (χ0v) is 13.2. The van der Waals surface area contributed by atoms with E-state index in [1.165, 1.54) is 45.3 Å². The minimum absolute atomic E-state index is 0.267. The van der Waals surface area contributed by atoms with Gasteiger partial charge in [0.05, 0.1) is 0 Å². The summed E-state index contributed by atoms with van der Waals surface area (Å²) in [7, 11) is 6.65. The van der Waals surface area contributed by atoms with Crippen LogP contribution in [0.4, 0.5) is 0 Å². The van der Waals surface area contributed by atoms with Crippen LogP contribution in [0.3, 0.4) is 0 Å². The largest absolute Gasteiger partial charge is 0.329 e. The average Bonchev–Trinajstić information content (AvgIpc) is 2.42. The van der Waals surface area contributed by atoms with Crippen LogP contribution >= 0.6 is 0 Å². The van der Waals surface area contributed by atoms with Crippen molar-refractivity contribution in [2.24, 2.45) is 5.73 Å². The highest BCUT2D eigenvalue weighted by Gasteiger charge is 2.42. The van der Waals surface area contributed by atoms with Crippen molar-refractivity contribution in [3.05, 3.63) is 0 Å². The number of rotatable bonds is 3. The molecular formula is C15H32N4. The summed E-state index contributed by atoms with van der Waals surface area (Å²) in [5.41, 5.74) is 6.47. The smallest absolute Gasteiger partial charge is 0.0358 e. The van der Waals surface area contributed by atoms with Gasteiger partial charge in [-0.15, -0.1) is 0 Å². The Morgan fingerprint density at radius 1 is 1.21 bits per heavy atom. The quantitative estimate of drug-likeness (QED) is 0.822. The van der Waals surface area contributed by atoms with Gasteiger partial charge in [-0.25, -0.2) is 0 Å². The van der Waals surface area contributed by atoms with Crippen molar-refractivity contribution in [1.29, 1.82) is 0 Å². The lowest BCUT2D eigenvalue weighted by Gasteiger charge is -2.52. The second-order valence-electron chi connectivity index (χ2n) is 6.89. The zero-order chi connectivity index (χ0) is 14.0. The normalized spacial score (nSPS) is 36.0. The molecule has 2 unspecified atom stereocenters. The molecule has 2 saturated heterocycles. The van der Waals surface area contributed by atoms with E-state index in [2.05, 4.69) is 42.8 Å². The molecule has 2 aliphatic heterocycles. The first-order valence-electron chi connectivity index (χ1n) is 7.80. The molecule has 4 heteroatoms. The lowest BCUT2D eigenvalue weighted by atomic mass is 9.80. The highest BCUT2D eigenvalue weighted by atomic mass is 15.3. The summed E-state index contributed by atoms with van der Waals surface area (Å²) in [5.74, 6) is 0. The highest BCUT2D eigenvalue weighted by molar-refractivity contribution is 5.00. The molecule has 2 rings (SSSR count). The van der Waals surface area contributed by atoms with Crippen molar-refractivity contribution in [1.82, 2.24) is 14.7 Å². The van der Waals surface area contributed by atoms with Gasteiger partial charge in [-0.3, -0.25) is 4.90 Å². The number of piperidine rings is 2. The summed E-state index contributed by atoms with van der Waals surface area (Å²) in [6, 6.07) is 1.42. The van der Waals surface area contributed by atoms with E-state index >= 15 is 0 Å². The lowest BCUT2D eigenvalue weighted by Crippen LogP contribution is -2.63. The van der Waals surface area contributed by atoms with Crippen LogP contribution in [0.1, 0.15) is 32.6 Å². The van der Waals surface area contributed by atoms with Gasteiger partial charge in [-0.1, -0.05) is 0 Å². The van der Waals surface area contributed by atoms with Crippen molar-refractivity contribution < 1.29 is 0 Å². The zero-order valence-electron chi connectivity index (χ0n) is 13.2. The van der Waals surface area contributed by atoms with Crippen LogP contribution in [-0.2, 0) is 0 Å². The third-order valence-corrected chi connectivity index (χ3v) is 5.60. The first kappa shape index (κ1) is 15.2. The number of hydrogen-bond acceptors (Lipinski definition) is 4. The van der Waals surface area contributed by atoms with Crippen molar-refractivity contribution in [2.45, 2.75) is 50.2 Å². The lowest BCUT2D eigenvalue weighted by molar-refractivity contribution is -0.0125. The Bertz CT molecular complexity index is 286. The number of nitrogens with zero attached hydrogens (tertiary/aromatic N) is 3. The van der Waals surface area contributed by atoms with Gasteiger partial charge in [0, 0.05) is 37.3 Å². The minimum atomic E-state index is 0.267. The highest BCUT2D eigenvalue weighted by Crippen LogP contribution is 2.33. The summed E-state index contributed by atoms with van der Waals surface area (Å²) in [5, 5.41) is 0. The molecule has 4 nitrogen and oxygen atoms in total. The molecule has 0 bridgehead atoms. The van der Waals surface area contributed by atoms with E-state index in [1.54, 1.807) is 0 Å². The predicted molar refractivity (Wildman–Crippen MR) is 81.4 cm³/mol.